The van der Waals surface area contributed by atoms with Crippen LogP contribution in [0.1, 0.15) is 30.5 Å². The molecular formula is C19H24BrN3S. The second-order valence-electron chi connectivity index (χ2n) is 6.69. The fraction of sp³-hybridized carbons (Fsp3) is 0.474. The summed E-state index contributed by atoms with van der Waals surface area (Å²) >= 11 is 9.14. The first-order chi connectivity index (χ1) is 11.6. The molecular weight excluding hydrogens is 382 g/mol. The first-order valence-electron chi connectivity index (χ1n) is 8.59. The third kappa shape index (κ3) is 3.95. The van der Waals surface area contributed by atoms with Crippen molar-refractivity contribution in [2.24, 2.45) is 0 Å². The van der Waals surface area contributed by atoms with Gasteiger partial charge in [-0.15, -0.1) is 0 Å². The predicted molar refractivity (Wildman–Crippen MR) is 106 cm³/mol. The van der Waals surface area contributed by atoms with Gasteiger partial charge in [0.25, 0.3) is 0 Å². The maximum Gasteiger partial charge on any atom is 0.141 e. The number of aromatic nitrogens is 2. The van der Waals surface area contributed by atoms with Crippen molar-refractivity contribution in [3.8, 4) is 11.4 Å². The molecule has 0 N–H and O–H groups in total. The topological polar surface area (TPSA) is 21.1 Å². The Morgan fingerprint density at radius 1 is 1.17 bits per heavy atom. The van der Waals surface area contributed by atoms with E-state index in [-0.39, 0.29) is 0 Å². The minimum atomic E-state index is 0.798. The smallest absolute Gasteiger partial charge is 0.141 e. The van der Waals surface area contributed by atoms with Gasteiger partial charge in [0.05, 0.1) is 0 Å². The summed E-state index contributed by atoms with van der Waals surface area (Å²) < 4.78 is 4.31. The Hall–Kier alpha value is -1.04. The van der Waals surface area contributed by atoms with Gasteiger partial charge in [-0.05, 0) is 64.9 Å². The normalized spacial score (nSPS) is 14.0. The van der Waals surface area contributed by atoms with Gasteiger partial charge in [0.15, 0.2) is 0 Å². The molecule has 0 spiro atoms. The third-order valence-electron chi connectivity index (χ3n) is 4.58. The maximum absolute atomic E-state index is 5.62. The van der Waals surface area contributed by atoms with Crippen LogP contribution in [0, 0.1) is 4.64 Å². The molecule has 128 valence electrons. The molecule has 3 rings (SSSR count). The van der Waals surface area contributed by atoms with Crippen molar-refractivity contribution in [1.29, 1.82) is 0 Å². The molecule has 0 saturated heterocycles. The molecule has 24 heavy (non-hydrogen) atoms. The average Bonchev–Trinajstić information content (AvgIpc) is 2.57. The van der Waals surface area contributed by atoms with Crippen LogP contribution in [0.25, 0.3) is 11.4 Å². The maximum atomic E-state index is 5.62. The Balaban J connectivity index is 2.07. The van der Waals surface area contributed by atoms with Gasteiger partial charge in [-0.3, -0.25) is 0 Å². The lowest BCUT2D eigenvalue weighted by molar-refractivity contribution is 0.383. The lowest BCUT2D eigenvalue weighted by Gasteiger charge is -2.25. The van der Waals surface area contributed by atoms with Crippen molar-refractivity contribution in [2.45, 2.75) is 38.6 Å². The Kier molecular flexibility index (Phi) is 5.85. The lowest BCUT2D eigenvalue weighted by atomic mass is 9.96. The Morgan fingerprint density at radius 2 is 1.88 bits per heavy atom. The van der Waals surface area contributed by atoms with Crippen molar-refractivity contribution in [1.82, 2.24) is 14.5 Å². The molecule has 0 saturated carbocycles. The zero-order chi connectivity index (χ0) is 17.1. The van der Waals surface area contributed by atoms with Crippen molar-refractivity contribution in [2.75, 3.05) is 20.6 Å². The highest BCUT2D eigenvalue weighted by Gasteiger charge is 2.19. The molecule has 1 heterocycles. The highest BCUT2D eigenvalue weighted by Crippen LogP contribution is 2.28. The highest BCUT2D eigenvalue weighted by molar-refractivity contribution is 9.10. The molecule has 2 aromatic rings. The number of benzene rings is 1. The van der Waals surface area contributed by atoms with Crippen molar-refractivity contribution >= 4 is 28.1 Å². The monoisotopic (exact) mass is 405 g/mol. The average molecular weight is 406 g/mol. The minimum absolute atomic E-state index is 0.798. The molecule has 3 nitrogen and oxygen atoms in total. The molecule has 0 radical (unpaired) electrons. The summed E-state index contributed by atoms with van der Waals surface area (Å²) in [4.78, 5) is 7.07. The van der Waals surface area contributed by atoms with Gasteiger partial charge in [0, 0.05) is 27.8 Å². The van der Waals surface area contributed by atoms with E-state index in [1.165, 1.54) is 24.1 Å². The number of hydrogen-bond donors (Lipinski definition) is 0. The molecule has 1 aromatic heterocycles. The van der Waals surface area contributed by atoms with Crippen LogP contribution in [0.5, 0.6) is 0 Å². The first kappa shape index (κ1) is 17.8. The number of nitrogens with zero attached hydrogens (tertiary/aromatic N) is 3. The molecule has 0 amide bonds. The third-order valence-corrected chi connectivity index (χ3v) is 5.44. The van der Waals surface area contributed by atoms with E-state index < -0.39 is 0 Å². The van der Waals surface area contributed by atoms with Crippen LogP contribution >= 0.6 is 28.1 Å². The van der Waals surface area contributed by atoms with Gasteiger partial charge in [0.2, 0.25) is 0 Å². The number of halogens is 1. The summed E-state index contributed by atoms with van der Waals surface area (Å²) in [5.74, 6) is 1.02. The molecule has 0 unspecified atom stereocenters. The van der Waals surface area contributed by atoms with Crippen molar-refractivity contribution < 1.29 is 0 Å². The Bertz CT molecular complexity index is 765. The minimum Gasteiger partial charge on any atom is -0.329 e. The van der Waals surface area contributed by atoms with Gasteiger partial charge in [-0.1, -0.05) is 40.3 Å². The van der Waals surface area contributed by atoms with Crippen LogP contribution in [0.2, 0.25) is 0 Å². The summed E-state index contributed by atoms with van der Waals surface area (Å²) in [7, 11) is 4.25. The first-order valence-corrected chi connectivity index (χ1v) is 9.79. The number of fused-ring (bicyclic) bond motifs is 1. The van der Waals surface area contributed by atoms with E-state index in [1.807, 2.05) is 0 Å². The summed E-state index contributed by atoms with van der Waals surface area (Å²) in [5.41, 5.74) is 3.86. The highest BCUT2D eigenvalue weighted by atomic mass is 79.9. The summed E-state index contributed by atoms with van der Waals surface area (Å²) in [5, 5.41) is 0. The molecule has 1 aliphatic carbocycles. The van der Waals surface area contributed by atoms with Gasteiger partial charge >= 0.3 is 0 Å². The second kappa shape index (κ2) is 7.89. The fourth-order valence-electron chi connectivity index (χ4n) is 3.37. The molecule has 1 aliphatic rings. The molecule has 5 heteroatoms. The fourth-order valence-corrected chi connectivity index (χ4v) is 3.95. The molecule has 0 atom stereocenters. The van der Waals surface area contributed by atoms with Crippen LogP contribution in [-0.2, 0) is 19.4 Å². The summed E-state index contributed by atoms with van der Waals surface area (Å²) in [6.45, 7) is 2.08. The standard InChI is InChI=1S/C19H24BrN3S/c1-22(2)12-5-13-23-17-7-4-3-6-16(17)19(24)21-18(23)14-8-10-15(20)11-9-14/h8-11H,3-7,12-13H2,1-2H3. The van der Waals surface area contributed by atoms with E-state index in [9.17, 15) is 0 Å². The Morgan fingerprint density at radius 3 is 2.58 bits per heavy atom. The van der Waals surface area contributed by atoms with Crippen LogP contribution in [-0.4, -0.2) is 35.1 Å². The van der Waals surface area contributed by atoms with Gasteiger partial charge in [0.1, 0.15) is 10.5 Å². The molecule has 1 aromatic carbocycles. The predicted octanol–water partition coefficient (Wildman–Crippen LogP) is 4.87. The largest absolute Gasteiger partial charge is 0.329 e. The molecule has 0 bridgehead atoms. The molecule has 0 aliphatic heterocycles. The Labute approximate surface area is 157 Å². The van der Waals surface area contributed by atoms with Crippen LogP contribution in [0.15, 0.2) is 28.7 Å². The quantitative estimate of drug-likeness (QED) is 0.661. The number of hydrogen-bond acceptors (Lipinski definition) is 3. The zero-order valence-corrected chi connectivity index (χ0v) is 16.8. The van der Waals surface area contributed by atoms with E-state index >= 15 is 0 Å². The second-order valence-corrected chi connectivity index (χ2v) is 7.99. The van der Waals surface area contributed by atoms with Gasteiger partial charge in [-0.25, -0.2) is 4.98 Å². The SMILES string of the molecule is CN(C)CCCn1c(-c2ccc(Br)cc2)nc(=S)c2c1CCCC2. The van der Waals surface area contributed by atoms with E-state index in [0.29, 0.717) is 0 Å². The number of rotatable bonds is 5. The van der Waals surface area contributed by atoms with Crippen LogP contribution in [0.3, 0.4) is 0 Å². The lowest BCUT2D eigenvalue weighted by Crippen LogP contribution is -2.21. The van der Waals surface area contributed by atoms with Crippen LogP contribution in [0.4, 0.5) is 0 Å². The van der Waals surface area contributed by atoms with E-state index in [0.717, 1.165) is 52.9 Å². The van der Waals surface area contributed by atoms with E-state index in [1.54, 1.807) is 0 Å². The summed E-state index contributed by atoms with van der Waals surface area (Å²) in [6.07, 6.45) is 5.79. The zero-order valence-electron chi connectivity index (χ0n) is 14.4. The van der Waals surface area contributed by atoms with E-state index in [4.69, 9.17) is 17.2 Å². The van der Waals surface area contributed by atoms with E-state index in [2.05, 4.69) is 63.8 Å². The van der Waals surface area contributed by atoms with Crippen molar-refractivity contribution in [3.63, 3.8) is 0 Å². The van der Waals surface area contributed by atoms with Crippen LogP contribution < -0.4 is 0 Å². The van der Waals surface area contributed by atoms with Crippen molar-refractivity contribution in [3.05, 3.63) is 44.6 Å². The van der Waals surface area contributed by atoms with Gasteiger partial charge in [-0.2, -0.15) is 0 Å². The summed E-state index contributed by atoms with van der Waals surface area (Å²) in [6, 6.07) is 8.39. The molecule has 0 fully saturated rings. The van der Waals surface area contributed by atoms with Gasteiger partial charge < -0.3 is 9.47 Å².